The molecular formula is C10H12FN3. The molecule has 1 unspecified atom stereocenters. The lowest BCUT2D eigenvalue weighted by molar-refractivity contribution is 0.518. The van der Waals surface area contributed by atoms with Crippen molar-refractivity contribution < 1.29 is 4.39 Å². The van der Waals surface area contributed by atoms with E-state index in [1.807, 2.05) is 0 Å². The van der Waals surface area contributed by atoms with E-state index in [2.05, 4.69) is 22.3 Å². The van der Waals surface area contributed by atoms with Crippen LogP contribution in [-0.2, 0) is 0 Å². The van der Waals surface area contributed by atoms with Crippen LogP contribution in [0.2, 0.25) is 0 Å². The zero-order chi connectivity index (χ0) is 10.4. The van der Waals surface area contributed by atoms with Crippen molar-refractivity contribution in [1.29, 1.82) is 0 Å². The zero-order valence-electron chi connectivity index (χ0n) is 7.92. The van der Waals surface area contributed by atoms with Gasteiger partial charge in [0.1, 0.15) is 5.82 Å². The maximum Gasteiger partial charge on any atom is 0.146 e. The molecule has 0 aliphatic carbocycles. The summed E-state index contributed by atoms with van der Waals surface area (Å²) in [4.78, 5) is 3.66. The quantitative estimate of drug-likeness (QED) is 0.430. The van der Waals surface area contributed by atoms with E-state index in [-0.39, 0.29) is 11.9 Å². The fourth-order valence-corrected chi connectivity index (χ4v) is 1.13. The van der Waals surface area contributed by atoms with E-state index >= 15 is 0 Å². The monoisotopic (exact) mass is 193 g/mol. The highest BCUT2D eigenvalue weighted by Crippen LogP contribution is 2.17. The summed E-state index contributed by atoms with van der Waals surface area (Å²) in [5.74, 6) is 10.5. The van der Waals surface area contributed by atoms with Crippen molar-refractivity contribution in [2.24, 2.45) is 5.84 Å². The molecule has 14 heavy (non-hydrogen) atoms. The van der Waals surface area contributed by atoms with Crippen LogP contribution >= 0.6 is 0 Å². The Morgan fingerprint density at radius 1 is 1.71 bits per heavy atom. The lowest BCUT2D eigenvalue weighted by Crippen LogP contribution is -2.28. The fraction of sp³-hybridized carbons (Fsp3) is 0.300. The summed E-state index contributed by atoms with van der Waals surface area (Å²) < 4.78 is 13.2. The predicted molar refractivity (Wildman–Crippen MR) is 52.3 cm³/mol. The highest BCUT2D eigenvalue weighted by atomic mass is 19.1. The average molecular weight is 193 g/mol. The van der Waals surface area contributed by atoms with Gasteiger partial charge in [-0.15, -0.1) is 11.8 Å². The summed E-state index contributed by atoms with van der Waals surface area (Å²) in [6, 6.07) is 1.31. The Labute approximate surface area is 82.5 Å². The number of hydrogen-bond acceptors (Lipinski definition) is 3. The van der Waals surface area contributed by atoms with Gasteiger partial charge in [0, 0.05) is 18.2 Å². The van der Waals surface area contributed by atoms with Crippen LogP contribution in [0, 0.1) is 17.7 Å². The third-order valence-corrected chi connectivity index (χ3v) is 1.86. The minimum absolute atomic E-state index is 0.287. The number of nitrogens with zero attached hydrogens (tertiary/aromatic N) is 1. The van der Waals surface area contributed by atoms with Crippen LogP contribution in [0.4, 0.5) is 4.39 Å². The topological polar surface area (TPSA) is 50.9 Å². The number of halogens is 1. The van der Waals surface area contributed by atoms with Crippen molar-refractivity contribution in [2.75, 3.05) is 0 Å². The molecule has 1 aromatic rings. The van der Waals surface area contributed by atoms with Crippen molar-refractivity contribution in [3.63, 3.8) is 0 Å². The number of pyridine rings is 1. The molecule has 1 rings (SSSR count). The van der Waals surface area contributed by atoms with Gasteiger partial charge in [0.15, 0.2) is 0 Å². The standard InChI is InChI=1S/C10H12FN3/c1-2-3-4-10(14-12)8-5-6-13-7-9(8)11/h5-7,10,14H,4,12H2,1H3. The molecule has 0 fully saturated rings. The van der Waals surface area contributed by atoms with E-state index in [1.54, 1.807) is 13.0 Å². The van der Waals surface area contributed by atoms with Crippen LogP contribution in [0.25, 0.3) is 0 Å². The molecule has 0 amide bonds. The lowest BCUT2D eigenvalue weighted by atomic mass is 10.1. The number of aromatic nitrogens is 1. The van der Waals surface area contributed by atoms with Gasteiger partial charge in [-0.3, -0.25) is 16.3 Å². The molecule has 1 heterocycles. The average Bonchev–Trinajstić information content (AvgIpc) is 2.21. The highest BCUT2D eigenvalue weighted by molar-refractivity contribution is 5.19. The van der Waals surface area contributed by atoms with Crippen LogP contribution in [0.5, 0.6) is 0 Å². The number of nitrogens with one attached hydrogen (secondary N) is 1. The van der Waals surface area contributed by atoms with Crippen molar-refractivity contribution in [3.05, 3.63) is 29.8 Å². The maximum atomic E-state index is 13.2. The van der Waals surface area contributed by atoms with Gasteiger partial charge in [0.05, 0.1) is 12.2 Å². The van der Waals surface area contributed by atoms with Gasteiger partial charge >= 0.3 is 0 Å². The van der Waals surface area contributed by atoms with Crippen LogP contribution in [-0.4, -0.2) is 4.98 Å². The molecule has 1 atom stereocenters. The number of rotatable bonds is 3. The zero-order valence-corrected chi connectivity index (χ0v) is 7.92. The Morgan fingerprint density at radius 2 is 2.50 bits per heavy atom. The van der Waals surface area contributed by atoms with Crippen molar-refractivity contribution in [3.8, 4) is 11.8 Å². The van der Waals surface area contributed by atoms with Gasteiger partial charge in [-0.2, -0.15) is 0 Å². The Bertz CT molecular complexity index is 354. The second-order valence-electron chi connectivity index (χ2n) is 2.75. The van der Waals surface area contributed by atoms with Crippen LogP contribution < -0.4 is 11.3 Å². The normalized spacial score (nSPS) is 11.6. The second-order valence-corrected chi connectivity index (χ2v) is 2.75. The van der Waals surface area contributed by atoms with Gasteiger partial charge in [0.25, 0.3) is 0 Å². The summed E-state index contributed by atoms with van der Waals surface area (Å²) in [5, 5.41) is 0. The van der Waals surface area contributed by atoms with Crippen molar-refractivity contribution in [2.45, 2.75) is 19.4 Å². The van der Waals surface area contributed by atoms with E-state index < -0.39 is 0 Å². The molecule has 0 aliphatic heterocycles. The van der Waals surface area contributed by atoms with E-state index in [1.165, 1.54) is 12.4 Å². The molecular weight excluding hydrogens is 181 g/mol. The molecule has 0 bridgehead atoms. The smallest absolute Gasteiger partial charge is 0.146 e. The Hall–Kier alpha value is -1.44. The summed E-state index contributed by atoms with van der Waals surface area (Å²) in [6.45, 7) is 1.73. The minimum atomic E-state index is -0.367. The van der Waals surface area contributed by atoms with Gasteiger partial charge < -0.3 is 0 Å². The van der Waals surface area contributed by atoms with Crippen LogP contribution in [0.3, 0.4) is 0 Å². The number of hydrazine groups is 1. The fourth-order valence-electron chi connectivity index (χ4n) is 1.13. The third-order valence-electron chi connectivity index (χ3n) is 1.86. The number of nitrogens with two attached hydrogens (primary N) is 1. The minimum Gasteiger partial charge on any atom is -0.271 e. The molecule has 3 N–H and O–H groups in total. The molecule has 0 aliphatic rings. The summed E-state index contributed by atoms with van der Waals surface area (Å²) in [7, 11) is 0. The first-order valence-electron chi connectivity index (χ1n) is 4.24. The second kappa shape index (κ2) is 5.32. The van der Waals surface area contributed by atoms with Crippen molar-refractivity contribution >= 4 is 0 Å². The van der Waals surface area contributed by atoms with Gasteiger partial charge in [-0.25, -0.2) is 4.39 Å². The molecule has 0 saturated heterocycles. The number of hydrogen-bond donors (Lipinski definition) is 2. The van der Waals surface area contributed by atoms with Crippen LogP contribution in [0.15, 0.2) is 18.5 Å². The van der Waals surface area contributed by atoms with Crippen LogP contribution in [0.1, 0.15) is 24.9 Å². The molecule has 1 aromatic heterocycles. The Balaban J connectivity index is 2.87. The Kier molecular flexibility index (Phi) is 4.05. The van der Waals surface area contributed by atoms with Gasteiger partial charge in [-0.05, 0) is 13.0 Å². The molecule has 3 nitrogen and oxygen atoms in total. The van der Waals surface area contributed by atoms with E-state index in [0.717, 1.165) is 0 Å². The first-order valence-corrected chi connectivity index (χ1v) is 4.24. The SMILES string of the molecule is CC#CCC(NN)c1ccncc1F. The van der Waals surface area contributed by atoms with Gasteiger partial charge in [0.2, 0.25) is 0 Å². The largest absolute Gasteiger partial charge is 0.271 e. The molecule has 74 valence electrons. The molecule has 0 spiro atoms. The van der Waals surface area contributed by atoms with E-state index in [0.29, 0.717) is 12.0 Å². The summed E-state index contributed by atoms with van der Waals surface area (Å²) >= 11 is 0. The maximum absolute atomic E-state index is 13.2. The first-order chi connectivity index (χ1) is 6.79. The summed E-state index contributed by atoms with van der Waals surface area (Å²) in [5.41, 5.74) is 3.01. The van der Waals surface area contributed by atoms with Crippen molar-refractivity contribution in [1.82, 2.24) is 10.4 Å². The predicted octanol–water partition coefficient (Wildman–Crippen LogP) is 1.14. The molecule has 0 saturated carbocycles. The lowest BCUT2D eigenvalue weighted by Gasteiger charge is -2.13. The first kappa shape index (κ1) is 10.6. The Morgan fingerprint density at radius 3 is 3.07 bits per heavy atom. The van der Waals surface area contributed by atoms with E-state index in [9.17, 15) is 4.39 Å². The molecule has 0 aromatic carbocycles. The highest BCUT2D eigenvalue weighted by Gasteiger charge is 2.12. The van der Waals surface area contributed by atoms with E-state index in [4.69, 9.17) is 5.84 Å². The summed E-state index contributed by atoms with van der Waals surface area (Å²) in [6.07, 6.45) is 3.18. The molecule has 0 radical (unpaired) electrons. The van der Waals surface area contributed by atoms with Gasteiger partial charge in [-0.1, -0.05) is 0 Å². The molecule has 4 heteroatoms. The third kappa shape index (κ3) is 2.52.